The molecule has 16 heavy (non-hydrogen) atoms. The number of carbonyl (C=O) groups excluding carboxylic acids is 1. The van der Waals surface area contributed by atoms with E-state index in [0.717, 1.165) is 19.4 Å². The molecule has 0 bridgehead atoms. The molecule has 0 aromatic rings. The smallest absolute Gasteiger partial charge is 0.317 e. The predicted molar refractivity (Wildman–Crippen MR) is 63.3 cm³/mol. The van der Waals surface area contributed by atoms with Gasteiger partial charge in [-0.15, -0.1) is 0 Å². The number of unbranched alkanes of at least 4 members (excludes halogenated alkanes) is 1. The first-order chi connectivity index (χ1) is 7.69. The Labute approximate surface area is 97.3 Å². The van der Waals surface area contributed by atoms with Crippen molar-refractivity contribution in [3.8, 4) is 0 Å². The highest BCUT2D eigenvalue weighted by Crippen LogP contribution is 2.10. The zero-order valence-corrected chi connectivity index (χ0v) is 10.2. The number of nitrogens with two attached hydrogens (primary N) is 1. The van der Waals surface area contributed by atoms with Crippen molar-refractivity contribution in [1.29, 1.82) is 0 Å². The molecule has 0 saturated carbocycles. The molecule has 0 aromatic heterocycles. The molecule has 5 nitrogen and oxygen atoms in total. The van der Waals surface area contributed by atoms with Crippen LogP contribution >= 0.6 is 0 Å². The monoisotopic (exact) mass is 229 g/mol. The fraction of sp³-hybridized carbons (Fsp3) is 0.909. The molecule has 0 aromatic carbocycles. The third-order valence-electron chi connectivity index (χ3n) is 2.84. The van der Waals surface area contributed by atoms with Gasteiger partial charge in [0, 0.05) is 13.1 Å². The molecule has 1 fully saturated rings. The molecule has 3 N–H and O–H groups in total. The SMILES string of the molecule is CCCCNC(=O)N1CC(CN)OCC1C. The summed E-state index contributed by atoms with van der Waals surface area (Å²) in [5.41, 5.74) is 5.55. The molecule has 2 amide bonds. The fourth-order valence-electron chi connectivity index (χ4n) is 1.72. The van der Waals surface area contributed by atoms with E-state index in [0.29, 0.717) is 19.7 Å². The largest absolute Gasteiger partial charge is 0.373 e. The van der Waals surface area contributed by atoms with E-state index in [1.807, 2.05) is 11.8 Å². The molecule has 0 aliphatic carbocycles. The van der Waals surface area contributed by atoms with Gasteiger partial charge in [-0.25, -0.2) is 4.79 Å². The molecule has 1 aliphatic heterocycles. The van der Waals surface area contributed by atoms with E-state index in [-0.39, 0.29) is 18.2 Å². The lowest BCUT2D eigenvalue weighted by Gasteiger charge is -2.37. The Bertz CT molecular complexity index is 223. The minimum Gasteiger partial charge on any atom is -0.373 e. The molecule has 2 atom stereocenters. The van der Waals surface area contributed by atoms with Crippen molar-refractivity contribution in [2.45, 2.75) is 38.8 Å². The number of hydrogen-bond acceptors (Lipinski definition) is 3. The van der Waals surface area contributed by atoms with Crippen LogP contribution in [0, 0.1) is 0 Å². The number of ether oxygens (including phenoxy) is 1. The molecule has 1 heterocycles. The highest BCUT2D eigenvalue weighted by Gasteiger charge is 2.28. The number of amides is 2. The number of rotatable bonds is 4. The van der Waals surface area contributed by atoms with Gasteiger partial charge in [0.1, 0.15) is 0 Å². The van der Waals surface area contributed by atoms with Crippen molar-refractivity contribution in [2.24, 2.45) is 5.73 Å². The van der Waals surface area contributed by atoms with Crippen molar-refractivity contribution >= 4 is 6.03 Å². The summed E-state index contributed by atoms with van der Waals surface area (Å²) in [5.74, 6) is 0. The summed E-state index contributed by atoms with van der Waals surface area (Å²) in [5, 5.41) is 2.92. The van der Waals surface area contributed by atoms with Crippen LogP contribution in [0.25, 0.3) is 0 Å². The van der Waals surface area contributed by atoms with Crippen LogP contribution in [0.4, 0.5) is 4.79 Å². The number of hydrogen-bond donors (Lipinski definition) is 2. The van der Waals surface area contributed by atoms with Gasteiger partial charge in [-0.05, 0) is 13.3 Å². The van der Waals surface area contributed by atoms with Crippen LogP contribution in [-0.4, -0.2) is 49.3 Å². The van der Waals surface area contributed by atoms with E-state index in [1.54, 1.807) is 0 Å². The Morgan fingerprint density at radius 1 is 1.62 bits per heavy atom. The topological polar surface area (TPSA) is 67.6 Å². The zero-order chi connectivity index (χ0) is 12.0. The Hall–Kier alpha value is -0.810. The number of nitrogens with zero attached hydrogens (tertiary/aromatic N) is 1. The summed E-state index contributed by atoms with van der Waals surface area (Å²) in [6.45, 7) is 6.47. The van der Waals surface area contributed by atoms with E-state index in [9.17, 15) is 4.79 Å². The van der Waals surface area contributed by atoms with Crippen molar-refractivity contribution in [3.05, 3.63) is 0 Å². The average Bonchev–Trinajstić information content (AvgIpc) is 2.30. The molecule has 94 valence electrons. The summed E-state index contributed by atoms with van der Waals surface area (Å²) >= 11 is 0. The number of nitrogens with one attached hydrogen (secondary N) is 1. The Balaban J connectivity index is 2.39. The Kier molecular flexibility index (Phi) is 5.55. The fourth-order valence-corrected chi connectivity index (χ4v) is 1.72. The van der Waals surface area contributed by atoms with Crippen molar-refractivity contribution in [1.82, 2.24) is 10.2 Å². The molecular weight excluding hydrogens is 206 g/mol. The molecule has 1 saturated heterocycles. The van der Waals surface area contributed by atoms with Crippen LogP contribution in [-0.2, 0) is 4.74 Å². The first kappa shape index (κ1) is 13.3. The van der Waals surface area contributed by atoms with E-state index < -0.39 is 0 Å². The van der Waals surface area contributed by atoms with Crippen LogP contribution in [0.2, 0.25) is 0 Å². The van der Waals surface area contributed by atoms with Crippen LogP contribution in [0.15, 0.2) is 0 Å². The zero-order valence-electron chi connectivity index (χ0n) is 10.2. The third-order valence-corrected chi connectivity index (χ3v) is 2.84. The van der Waals surface area contributed by atoms with Crippen LogP contribution in [0.1, 0.15) is 26.7 Å². The molecule has 1 aliphatic rings. The van der Waals surface area contributed by atoms with Crippen molar-refractivity contribution < 1.29 is 9.53 Å². The second-order valence-electron chi connectivity index (χ2n) is 4.28. The Morgan fingerprint density at radius 3 is 3.00 bits per heavy atom. The number of carbonyl (C=O) groups is 1. The summed E-state index contributed by atoms with van der Waals surface area (Å²) < 4.78 is 5.50. The summed E-state index contributed by atoms with van der Waals surface area (Å²) in [6.07, 6.45) is 2.09. The van der Waals surface area contributed by atoms with E-state index in [1.165, 1.54) is 0 Å². The second kappa shape index (κ2) is 6.70. The van der Waals surface area contributed by atoms with Gasteiger partial charge >= 0.3 is 6.03 Å². The highest BCUT2D eigenvalue weighted by molar-refractivity contribution is 5.74. The maximum absolute atomic E-state index is 11.9. The highest BCUT2D eigenvalue weighted by atomic mass is 16.5. The number of morpholine rings is 1. The lowest BCUT2D eigenvalue weighted by atomic mass is 10.2. The van der Waals surface area contributed by atoms with E-state index >= 15 is 0 Å². The maximum Gasteiger partial charge on any atom is 0.317 e. The quantitative estimate of drug-likeness (QED) is 0.692. The standard InChI is InChI=1S/C11H23N3O2/c1-3-4-5-13-11(15)14-7-10(6-12)16-8-9(14)2/h9-10H,3-8,12H2,1-2H3,(H,13,15). The van der Waals surface area contributed by atoms with Crippen molar-refractivity contribution in [2.75, 3.05) is 26.2 Å². The van der Waals surface area contributed by atoms with Gasteiger partial charge in [-0.3, -0.25) is 0 Å². The van der Waals surface area contributed by atoms with E-state index in [4.69, 9.17) is 10.5 Å². The van der Waals surface area contributed by atoms with Gasteiger partial charge in [0.05, 0.1) is 25.3 Å². The number of urea groups is 1. The molecular formula is C11H23N3O2. The molecule has 2 unspecified atom stereocenters. The normalized spacial score (nSPS) is 25.6. The van der Waals surface area contributed by atoms with E-state index in [2.05, 4.69) is 12.2 Å². The summed E-state index contributed by atoms with van der Waals surface area (Å²) in [7, 11) is 0. The third kappa shape index (κ3) is 3.64. The first-order valence-corrected chi connectivity index (χ1v) is 6.05. The average molecular weight is 229 g/mol. The van der Waals surface area contributed by atoms with Gasteiger partial charge in [-0.2, -0.15) is 0 Å². The first-order valence-electron chi connectivity index (χ1n) is 6.05. The van der Waals surface area contributed by atoms with Gasteiger partial charge < -0.3 is 20.7 Å². The van der Waals surface area contributed by atoms with Gasteiger partial charge in [0.2, 0.25) is 0 Å². The minimum atomic E-state index is -0.0203. The minimum absolute atomic E-state index is 0.00250. The van der Waals surface area contributed by atoms with Crippen molar-refractivity contribution in [3.63, 3.8) is 0 Å². The van der Waals surface area contributed by atoms with Crippen LogP contribution in [0.5, 0.6) is 0 Å². The second-order valence-corrected chi connectivity index (χ2v) is 4.28. The van der Waals surface area contributed by atoms with Crippen LogP contribution in [0.3, 0.4) is 0 Å². The van der Waals surface area contributed by atoms with Gasteiger partial charge in [-0.1, -0.05) is 13.3 Å². The molecule has 0 radical (unpaired) electrons. The lowest BCUT2D eigenvalue weighted by molar-refractivity contribution is -0.0361. The summed E-state index contributed by atoms with van der Waals surface area (Å²) in [6, 6.07) is 0.132. The Morgan fingerprint density at radius 2 is 2.38 bits per heavy atom. The van der Waals surface area contributed by atoms with Crippen LogP contribution < -0.4 is 11.1 Å². The van der Waals surface area contributed by atoms with Gasteiger partial charge in [0.15, 0.2) is 0 Å². The molecule has 1 rings (SSSR count). The lowest BCUT2D eigenvalue weighted by Crippen LogP contribution is -2.55. The van der Waals surface area contributed by atoms with Gasteiger partial charge in [0.25, 0.3) is 0 Å². The predicted octanol–water partition coefficient (Wildman–Crippen LogP) is 0.544. The maximum atomic E-state index is 11.9. The summed E-state index contributed by atoms with van der Waals surface area (Å²) in [4.78, 5) is 13.7. The molecule has 5 heteroatoms. The molecule has 0 spiro atoms.